The molecule has 0 saturated carbocycles. The molecule has 7 heteroatoms. The van der Waals surface area contributed by atoms with Gasteiger partial charge in [-0.1, -0.05) is 13.0 Å². The van der Waals surface area contributed by atoms with Crippen LogP contribution < -0.4 is 14.8 Å². The van der Waals surface area contributed by atoms with Gasteiger partial charge >= 0.3 is 6.18 Å². The second-order valence-electron chi connectivity index (χ2n) is 4.65. The van der Waals surface area contributed by atoms with Crippen molar-refractivity contribution in [1.29, 1.82) is 0 Å². The van der Waals surface area contributed by atoms with Crippen molar-refractivity contribution in [2.75, 3.05) is 19.8 Å². The van der Waals surface area contributed by atoms with E-state index in [0.29, 0.717) is 30.3 Å². The van der Waals surface area contributed by atoms with Crippen LogP contribution in [0.3, 0.4) is 0 Å². The molecule has 1 N–H and O–H groups in total. The second kappa shape index (κ2) is 9.07. The number of amides is 1. The van der Waals surface area contributed by atoms with Crippen LogP contribution in [0.15, 0.2) is 24.3 Å². The molecule has 0 aliphatic carbocycles. The van der Waals surface area contributed by atoms with E-state index in [2.05, 4.69) is 0 Å². The third-order valence-corrected chi connectivity index (χ3v) is 2.62. The normalized spacial score (nSPS) is 11.5. The van der Waals surface area contributed by atoms with Crippen LogP contribution in [-0.2, 0) is 4.79 Å². The Labute approximate surface area is 133 Å². The molecule has 0 radical (unpaired) electrons. The molecule has 1 aromatic carbocycles. The summed E-state index contributed by atoms with van der Waals surface area (Å²) in [7, 11) is 0. The molecule has 1 aromatic rings. The Kier molecular flexibility index (Phi) is 7.44. The Hall–Kier alpha value is -2.18. The molecule has 0 aliphatic heterocycles. The van der Waals surface area contributed by atoms with E-state index >= 15 is 0 Å². The smallest absolute Gasteiger partial charge is 0.405 e. The summed E-state index contributed by atoms with van der Waals surface area (Å²) in [5, 5.41) is 1.77. The highest BCUT2D eigenvalue weighted by atomic mass is 19.4. The van der Waals surface area contributed by atoms with Crippen LogP contribution in [0.5, 0.6) is 11.5 Å². The van der Waals surface area contributed by atoms with E-state index in [1.165, 1.54) is 6.08 Å². The lowest BCUT2D eigenvalue weighted by atomic mass is 10.2. The first-order valence-electron chi connectivity index (χ1n) is 7.28. The molecule has 0 aliphatic rings. The minimum Gasteiger partial charge on any atom is -0.490 e. The summed E-state index contributed by atoms with van der Waals surface area (Å²) < 4.78 is 47.0. The Morgan fingerprint density at radius 2 is 1.96 bits per heavy atom. The van der Waals surface area contributed by atoms with Crippen LogP contribution in [-0.4, -0.2) is 31.8 Å². The van der Waals surface area contributed by atoms with Gasteiger partial charge in [-0.25, -0.2) is 0 Å². The van der Waals surface area contributed by atoms with Gasteiger partial charge in [0.25, 0.3) is 0 Å². The van der Waals surface area contributed by atoms with E-state index in [4.69, 9.17) is 9.47 Å². The van der Waals surface area contributed by atoms with Gasteiger partial charge in [-0.2, -0.15) is 13.2 Å². The molecule has 1 amide bonds. The number of benzene rings is 1. The minimum absolute atomic E-state index is 0.446. The molecule has 4 nitrogen and oxygen atoms in total. The first kappa shape index (κ1) is 18.9. The summed E-state index contributed by atoms with van der Waals surface area (Å²) in [6.45, 7) is 3.45. The van der Waals surface area contributed by atoms with Gasteiger partial charge in [0.1, 0.15) is 6.54 Å². The van der Waals surface area contributed by atoms with Crippen molar-refractivity contribution in [1.82, 2.24) is 5.32 Å². The lowest BCUT2D eigenvalue weighted by Crippen LogP contribution is -2.32. The molecule has 0 spiro atoms. The van der Waals surface area contributed by atoms with E-state index in [-0.39, 0.29) is 0 Å². The molecular formula is C16H20F3NO3. The largest absolute Gasteiger partial charge is 0.490 e. The van der Waals surface area contributed by atoms with Gasteiger partial charge in [0.15, 0.2) is 11.5 Å². The summed E-state index contributed by atoms with van der Waals surface area (Å²) in [6.07, 6.45) is -1.11. The van der Waals surface area contributed by atoms with Gasteiger partial charge in [0.05, 0.1) is 13.2 Å². The van der Waals surface area contributed by atoms with Crippen molar-refractivity contribution >= 4 is 12.0 Å². The fourth-order valence-corrected chi connectivity index (χ4v) is 1.65. The summed E-state index contributed by atoms with van der Waals surface area (Å²) in [6, 6.07) is 5.07. The number of nitrogens with one attached hydrogen (secondary N) is 1. The number of carbonyl (C=O) groups is 1. The standard InChI is InChI=1S/C16H20F3NO3/c1-3-9-23-13-7-5-12(10-14(13)22-4-2)6-8-15(21)20-11-16(17,18)19/h5-8,10H,3-4,9,11H2,1-2H3,(H,20,21)/b8-6+. The number of alkyl halides is 3. The van der Waals surface area contributed by atoms with Crippen molar-refractivity contribution in [2.24, 2.45) is 0 Å². The van der Waals surface area contributed by atoms with Crippen molar-refractivity contribution in [3.05, 3.63) is 29.8 Å². The number of hydrogen-bond donors (Lipinski definition) is 1. The molecule has 0 fully saturated rings. The van der Waals surface area contributed by atoms with Crippen LogP contribution in [0.25, 0.3) is 6.08 Å². The topological polar surface area (TPSA) is 47.6 Å². The summed E-state index contributed by atoms with van der Waals surface area (Å²) >= 11 is 0. The van der Waals surface area contributed by atoms with Crippen LogP contribution in [0.1, 0.15) is 25.8 Å². The predicted molar refractivity (Wildman–Crippen MR) is 81.5 cm³/mol. The SMILES string of the molecule is CCCOc1ccc(/C=C/C(=O)NCC(F)(F)F)cc1OCC. The van der Waals surface area contributed by atoms with E-state index in [1.54, 1.807) is 23.5 Å². The zero-order valence-corrected chi connectivity index (χ0v) is 13.1. The van der Waals surface area contributed by atoms with E-state index in [1.807, 2.05) is 13.8 Å². The maximum absolute atomic E-state index is 12.0. The summed E-state index contributed by atoms with van der Waals surface area (Å²) in [5.41, 5.74) is 0.624. The molecule has 0 saturated heterocycles. The predicted octanol–water partition coefficient (Wildman–Crippen LogP) is 3.57. The van der Waals surface area contributed by atoms with E-state index in [9.17, 15) is 18.0 Å². The zero-order chi connectivity index (χ0) is 17.3. The van der Waals surface area contributed by atoms with Gasteiger partial charge in [0, 0.05) is 6.08 Å². The Bertz CT molecular complexity index is 542. The Balaban J connectivity index is 2.74. The van der Waals surface area contributed by atoms with Crippen LogP contribution in [0.4, 0.5) is 13.2 Å². The average Bonchev–Trinajstić information content (AvgIpc) is 2.49. The Morgan fingerprint density at radius 3 is 2.57 bits per heavy atom. The van der Waals surface area contributed by atoms with Crippen molar-refractivity contribution in [3.8, 4) is 11.5 Å². The van der Waals surface area contributed by atoms with Crippen LogP contribution >= 0.6 is 0 Å². The number of hydrogen-bond acceptors (Lipinski definition) is 3. The van der Waals surface area contributed by atoms with Crippen molar-refractivity contribution < 1.29 is 27.4 Å². The molecule has 128 valence electrons. The highest BCUT2D eigenvalue weighted by Crippen LogP contribution is 2.29. The molecule has 1 rings (SSSR count). The lowest BCUT2D eigenvalue weighted by molar-refractivity contribution is -0.135. The zero-order valence-electron chi connectivity index (χ0n) is 13.1. The number of rotatable bonds is 8. The molecule has 0 heterocycles. The van der Waals surface area contributed by atoms with Gasteiger partial charge < -0.3 is 14.8 Å². The third-order valence-electron chi connectivity index (χ3n) is 2.62. The minimum atomic E-state index is -4.43. The quantitative estimate of drug-likeness (QED) is 0.741. The van der Waals surface area contributed by atoms with Gasteiger partial charge in [-0.3, -0.25) is 4.79 Å². The highest BCUT2D eigenvalue weighted by molar-refractivity contribution is 5.91. The fourth-order valence-electron chi connectivity index (χ4n) is 1.65. The molecular weight excluding hydrogens is 311 g/mol. The molecule has 0 atom stereocenters. The second-order valence-corrected chi connectivity index (χ2v) is 4.65. The number of ether oxygens (including phenoxy) is 2. The Morgan fingerprint density at radius 1 is 1.22 bits per heavy atom. The van der Waals surface area contributed by atoms with E-state index in [0.717, 1.165) is 12.5 Å². The fraction of sp³-hybridized carbons (Fsp3) is 0.438. The summed E-state index contributed by atoms with van der Waals surface area (Å²) in [5.74, 6) is 0.303. The molecule has 0 unspecified atom stereocenters. The maximum Gasteiger partial charge on any atom is 0.405 e. The summed E-state index contributed by atoms with van der Waals surface area (Å²) in [4.78, 5) is 11.3. The molecule has 23 heavy (non-hydrogen) atoms. The monoisotopic (exact) mass is 331 g/mol. The van der Waals surface area contributed by atoms with E-state index < -0.39 is 18.6 Å². The first-order chi connectivity index (χ1) is 10.9. The lowest BCUT2D eigenvalue weighted by Gasteiger charge is -2.12. The molecule has 0 bridgehead atoms. The maximum atomic E-state index is 12.0. The highest BCUT2D eigenvalue weighted by Gasteiger charge is 2.27. The average molecular weight is 331 g/mol. The van der Waals surface area contributed by atoms with Crippen LogP contribution in [0.2, 0.25) is 0 Å². The van der Waals surface area contributed by atoms with Crippen molar-refractivity contribution in [2.45, 2.75) is 26.4 Å². The first-order valence-corrected chi connectivity index (χ1v) is 7.28. The third kappa shape index (κ3) is 7.58. The number of carbonyl (C=O) groups excluding carboxylic acids is 1. The van der Waals surface area contributed by atoms with Crippen LogP contribution in [0, 0.1) is 0 Å². The molecule has 0 aromatic heterocycles. The van der Waals surface area contributed by atoms with Gasteiger partial charge in [0.2, 0.25) is 5.91 Å². The number of halogens is 3. The van der Waals surface area contributed by atoms with Gasteiger partial charge in [-0.05, 0) is 37.1 Å². The van der Waals surface area contributed by atoms with Gasteiger partial charge in [-0.15, -0.1) is 0 Å². The van der Waals surface area contributed by atoms with Crippen molar-refractivity contribution in [3.63, 3.8) is 0 Å².